The molecule has 0 aromatic carbocycles. The molecule has 2 aromatic heterocycles. The summed E-state index contributed by atoms with van der Waals surface area (Å²) in [5.74, 6) is 6.32. The average Bonchev–Trinajstić information content (AvgIpc) is 2.74. The lowest BCUT2D eigenvalue weighted by Gasteiger charge is -2.07. The number of nitrogen functional groups attached to an aromatic ring is 1. The van der Waals surface area contributed by atoms with Crippen LogP contribution in [0.1, 0.15) is 17.7 Å². The highest BCUT2D eigenvalue weighted by Crippen LogP contribution is 2.30. The Hall–Kier alpha value is -1.66. The van der Waals surface area contributed by atoms with Crippen molar-refractivity contribution in [2.24, 2.45) is 5.84 Å². The standard InChI is InChI=1S/C12H16N4OS/c1-3-4-5-6-17-10-9-7-8(2)18-11(9)15-12(14-10)16-13/h3,7H,1,4-6,13H2,2H3,(H,14,15,16). The molecular formula is C12H16N4OS. The quantitative estimate of drug-likeness (QED) is 0.363. The van der Waals surface area contributed by atoms with E-state index in [9.17, 15) is 0 Å². The summed E-state index contributed by atoms with van der Waals surface area (Å²) in [6.07, 6.45) is 3.73. The number of rotatable bonds is 6. The Kier molecular flexibility index (Phi) is 4.11. The van der Waals surface area contributed by atoms with Gasteiger partial charge in [-0.3, -0.25) is 5.43 Å². The fraction of sp³-hybridized carbons (Fsp3) is 0.333. The Morgan fingerprint density at radius 2 is 2.39 bits per heavy atom. The number of thiophene rings is 1. The highest BCUT2D eigenvalue weighted by molar-refractivity contribution is 7.18. The molecule has 0 saturated carbocycles. The third-order valence-corrected chi connectivity index (χ3v) is 3.35. The second kappa shape index (κ2) is 5.79. The zero-order valence-corrected chi connectivity index (χ0v) is 11.1. The van der Waals surface area contributed by atoms with Gasteiger partial charge in [0.15, 0.2) is 0 Å². The van der Waals surface area contributed by atoms with Crippen molar-refractivity contribution in [1.29, 1.82) is 0 Å². The normalized spacial score (nSPS) is 10.6. The molecule has 0 atom stereocenters. The average molecular weight is 264 g/mol. The van der Waals surface area contributed by atoms with Crippen LogP contribution in [0.4, 0.5) is 5.95 Å². The van der Waals surface area contributed by atoms with E-state index in [1.807, 2.05) is 19.1 Å². The summed E-state index contributed by atoms with van der Waals surface area (Å²) in [5, 5.41) is 0.940. The first kappa shape index (κ1) is 12.8. The van der Waals surface area contributed by atoms with Crippen molar-refractivity contribution < 1.29 is 4.74 Å². The van der Waals surface area contributed by atoms with Crippen LogP contribution in [0.2, 0.25) is 0 Å². The van der Waals surface area contributed by atoms with Crippen LogP contribution < -0.4 is 16.0 Å². The van der Waals surface area contributed by atoms with E-state index in [-0.39, 0.29) is 0 Å². The molecule has 0 aliphatic carbocycles. The van der Waals surface area contributed by atoms with Crippen LogP contribution in [0, 0.1) is 6.92 Å². The first-order valence-corrected chi connectivity index (χ1v) is 6.54. The number of unbranched alkanes of at least 4 members (excludes halogenated alkanes) is 1. The molecule has 2 aromatic rings. The summed E-state index contributed by atoms with van der Waals surface area (Å²) in [4.78, 5) is 10.6. The fourth-order valence-corrected chi connectivity index (χ4v) is 2.46. The van der Waals surface area contributed by atoms with Crippen molar-refractivity contribution in [3.8, 4) is 5.88 Å². The maximum atomic E-state index is 5.69. The number of allylic oxidation sites excluding steroid dienone is 1. The van der Waals surface area contributed by atoms with Gasteiger partial charge < -0.3 is 4.74 Å². The second-order valence-electron chi connectivity index (χ2n) is 3.85. The molecule has 0 saturated heterocycles. The van der Waals surface area contributed by atoms with Crippen LogP contribution in [0.25, 0.3) is 10.2 Å². The molecule has 0 fully saturated rings. The van der Waals surface area contributed by atoms with E-state index >= 15 is 0 Å². The topological polar surface area (TPSA) is 73.1 Å². The van der Waals surface area contributed by atoms with E-state index in [0.717, 1.165) is 23.1 Å². The van der Waals surface area contributed by atoms with E-state index in [2.05, 4.69) is 22.0 Å². The van der Waals surface area contributed by atoms with Crippen molar-refractivity contribution >= 4 is 27.5 Å². The van der Waals surface area contributed by atoms with Gasteiger partial charge in [0.05, 0.1) is 12.0 Å². The molecule has 6 heteroatoms. The molecule has 0 aliphatic heterocycles. The number of fused-ring (bicyclic) bond motifs is 1. The molecule has 3 N–H and O–H groups in total. The van der Waals surface area contributed by atoms with Crippen LogP contribution in [-0.4, -0.2) is 16.6 Å². The Morgan fingerprint density at radius 1 is 1.56 bits per heavy atom. The number of nitrogens with one attached hydrogen (secondary N) is 1. The molecular weight excluding hydrogens is 248 g/mol. The van der Waals surface area contributed by atoms with E-state index in [1.165, 1.54) is 4.88 Å². The number of anilines is 1. The summed E-state index contributed by atoms with van der Waals surface area (Å²) < 4.78 is 5.69. The molecule has 5 nitrogen and oxygen atoms in total. The second-order valence-corrected chi connectivity index (χ2v) is 5.09. The Morgan fingerprint density at radius 3 is 3.11 bits per heavy atom. The molecule has 0 amide bonds. The summed E-state index contributed by atoms with van der Waals surface area (Å²) >= 11 is 1.60. The minimum atomic E-state index is 0.378. The van der Waals surface area contributed by atoms with Gasteiger partial charge in [0.1, 0.15) is 4.83 Å². The first-order valence-electron chi connectivity index (χ1n) is 5.73. The van der Waals surface area contributed by atoms with Gasteiger partial charge in [-0.25, -0.2) is 10.8 Å². The van der Waals surface area contributed by atoms with Crippen LogP contribution in [-0.2, 0) is 0 Å². The maximum absolute atomic E-state index is 5.69. The molecule has 18 heavy (non-hydrogen) atoms. The molecule has 0 aliphatic rings. The predicted molar refractivity (Wildman–Crippen MR) is 74.9 cm³/mol. The number of ether oxygens (including phenoxy) is 1. The first-order chi connectivity index (χ1) is 8.74. The molecule has 0 bridgehead atoms. The minimum absolute atomic E-state index is 0.378. The van der Waals surface area contributed by atoms with E-state index in [1.54, 1.807) is 11.3 Å². The zero-order valence-electron chi connectivity index (χ0n) is 10.3. The number of aromatic nitrogens is 2. The summed E-state index contributed by atoms with van der Waals surface area (Å²) in [7, 11) is 0. The van der Waals surface area contributed by atoms with E-state index < -0.39 is 0 Å². The number of hydrazine groups is 1. The van der Waals surface area contributed by atoms with Crippen molar-refractivity contribution in [2.45, 2.75) is 19.8 Å². The van der Waals surface area contributed by atoms with Gasteiger partial charge in [0, 0.05) is 4.88 Å². The van der Waals surface area contributed by atoms with Crippen molar-refractivity contribution in [3.05, 3.63) is 23.6 Å². The number of aryl methyl sites for hydroxylation is 1. The van der Waals surface area contributed by atoms with Crippen molar-refractivity contribution in [2.75, 3.05) is 12.0 Å². The number of nitrogens with two attached hydrogens (primary N) is 1. The van der Waals surface area contributed by atoms with Crippen LogP contribution in [0.3, 0.4) is 0 Å². The molecule has 0 radical (unpaired) electrons. The third kappa shape index (κ3) is 2.77. The monoisotopic (exact) mass is 264 g/mol. The molecule has 0 unspecified atom stereocenters. The smallest absolute Gasteiger partial charge is 0.241 e. The van der Waals surface area contributed by atoms with Gasteiger partial charge in [-0.2, -0.15) is 4.98 Å². The Labute approximate surface area is 110 Å². The largest absolute Gasteiger partial charge is 0.477 e. The Balaban J connectivity index is 2.25. The van der Waals surface area contributed by atoms with Crippen LogP contribution in [0.15, 0.2) is 18.7 Å². The van der Waals surface area contributed by atoms with Crippen LogP contribution in [0.5, 0.6) is 5.88 Å². The molecule has 2 heterocycles. The lowest BCUT2D eigenvalue weighted by atomic mass is 10.3. The summed E-state index contributed by atoms with van der Waals surface area (Å²) in [6.45, 7) is 6.32. The van der Waals surface area contributed by atoms with Crippen molar-refractivity contribution in [1.82, 2.24) is 9.97 Å². The SMILES string of the molecule is C=CCCCOc1nc(NN)nc2sc(C)cc12. The minimum Gasteiger partial charge on any atom is -0.477 e. The summed E-state index contributed by atoms with van der Waals surface area (Å²) in [5.41, 5.74) is 2.46. The molecule has 0 spiro atoms. The molecule has 96 valence electrons. The van der Waals surface area contributed by atoms with Gasteiger partial charge in [-0.15, -0.1) is 17.9 Å². The zero-order chi connectivity index (χ0) is 13.0. The lowest BCUT2D eigenvalue weighted by Crippen LogP contribution is -2.11. The number of hydrogen-bond acceptors (Lipinski definition) is 6. The van der Waals surface area contributed by atoms with Gasteiger partial charge in [0.25, 0.3) is 0 Å². The van der Waals surface area contributed by atoms with Gasteiger partial charge in [-0.1, -0.05) is 6.08 Å². The number of hydrogen-bond donors (Lipinski definition) is 2. The van der Waals surface area contributed by atoms with Crippen molar-refractivity contribution in [3.63, 3.8) is 0 Å². The third-order valence-electron chi connectivity index (χ3n) is 2.40. The molecule has 2 rings (SSSR count). The van der Waals surface area contributed by atoms with E-state index in [0.29, 0.717) is 18.4 Å². The van der Waals surface area contributed by atoms with Crippen LogP contribution >= 0.6 is 11.3 Å². The predicted octanol–water partition coefficient (Wildman–Crippen LogP) is 2.63. The van der Waals surface area contributed by atoms with Gasteiger partial charge in [-0.05, 0) is 25.8 Å². The lowest BCUT2D eigenvalue weighted by molar-refractivity contribution is 0.304. The maximum Gasteiger partial charge on any atom is 0.241 e. The van der Waals surface area contributed by atoms with Gasteiger partial charge >= 0.3 is 0 Å². The van der Waals surface area contributed by atoms with Gasteiger partial charge in [0.2, 0.25) is 11.8 Å². The highest BCUT2D eigenvalue weighted by Gasteiger charge is 2.11. The highest BCUT2D eigenvalue weighted by atomic mass is 32.1. The Bertz CT molecular complexity index is 552. The van der Waals surface area contributed by atoms with E-state index in [4.69, 9.17) is 10.6 Å². The number of nitrogens with zero attached hydrogens (tertiary/aromatic N) is 2. The fourth-order valence-electron chi connectivity index (χ4n) is 1.59. The summed E-state index contributed by atoms with van der Waals surface area (Å²) in [6, 6.07) is 2.03.